The van der Waals surface area contributed by atoms with Crippen molar-refractivity contribution in [1.82, 2.24) is 0 Å². The quantitative estimate of drug-likeness (QED) is 0.859. The van der Waals surface area contributed by atoms with Crippen LogP contribution in [0.15, 0.2) is 42.5 Å². The fraction of sp³-hybridized carbons (Fsp3) is 0.0714. The van der Waals surface area contributed by atoms with Gasteiger partial charge in [-0.1, -0.05) is 59.7 Å². The zero-order valence-corrected chi connectivity index (χ0v) is 12.2. The van der Waals surface area contributed by atoms with Gasteiger partial charge in [-0.3, -0.25) is 0 Å². The highest BCUT2D eigenvalue weighted by molar-refractivity contribution is 7.80. The molecular weight excluding hydrogens is 301 g/mol. The van der Waals surface area contributed by atoms with E-state index >= 15 is 0 Å². The normalized spacial score (nSPS) is 10.2. The number of hydrogen-bond acceptors (Lipinski definition) is 2. The summed E-state index contributed by atoms with van der Waals surface area (Å²) in [5, 5.41) is 0.880. The summed E-state index contributed by atoms with van der Waals surface area (Å²) >= 11 is 16.9. The fourth-order valence-corrected chi connectivity index (χ4v) is 2.04. The minimum absolute atomic E-state index is 0.364. The van der Waals surface area contributed by atoms with Crippen LogP contribution in [-0.2, 0) is 6.61 Å². The van der Waals surface area contributed by atoms with Crippen LogP contribution in [0.4, 0.5) is 0 Å². The summed E-state index contributed by atoms with van der Waals surface area (Å²) in [6.07, 6.45) is 0. The van der Waals surface area contributed by atoms with Gasteiger partial charge in [0.05, 0.1) is 5.02 Å². The monoisotopic (exact) mass is 311 g/mol. The summed E-state index contributed by atoms with van der Waals surface area (Å²) in [7, 11) is 0. The first kappa shape index (κ1) is 14.1. The van der Waals surface area contributed by atoms with Crippen molar-refractivity contribution < 1.29 is 4.74 Å². The molecule has 0 spiro atoms. The van der Waals surface area contributed by atoms with Crippen molar-refractivity contribution in [2.75, 3.05) is 0 Å². The average Bonchev–Trinajstić information content (AvgIpc) is 2.41. The van der Waals surface area contributed by atoms with Crippen LogP contribution in [0, 0.1) is 0 Å². The maximum absolute atomic E-state index is 6.04. The molecule has 5 heteroatoms. The van der Waals surface area contributed by atoms with Crippen molar-refractivity contribution in [2.45, 2.75) is 6.61 Å². The highest BCUT2D eigenvalue weighted by Crippen LogP contribution is 2.31. The van der Waals surface area contributed by atoms with Gasteiger partial charge < -0.3 is 10.5 Å². The van der Waals surface area contributed by atoms with Crippen LogP contribution in [0.3, 0.4) is 0 Å². The molecule has 2 aromatic carbocycles. The maximum atomic E-state index is 6.04. The Morgan fingerprint density at radius 2 is 1.89 bits per heavy atom. The van der Waals surface area contributed by atoms with Gasteiger partial charge in [-0.15, -0.1) is 0 Å². The second kappa shape index (κ2) is 6.24. The van der Waals surface area contributed by atoms with E-state index in [0.717, 1.165) is 11.1 Å². The summed E-state index contributed by atoms with van der Waals surface area (Å²) in [6.45, 7) is 0.372. The lowest BCUT2D eigenvalue weighted by Crippen LogP contribution is -2.09. The zero-order chi connectivity index (χ0) is 13.8. The average molecular weight is 312 g/mol. The highest BCUT2D eigenvalue weighted by atomic mass is 35.5. The van der Waals surface area contributed by atoms with E-state index in [2.05, 4.69) is 0 Å². The van der Waals surface area contributed by atoms with Crippen molar-refractivity contribution >= 4 is 40.4 Å². The molecule has 98 valence electrons. The van der Waals surface area contributed by atoms with E-state index in [1.807, 2.05) is 24.3 Å². The Balaban J connectivity index is 2.12. The van der Waals surface area contributed by atoms with Gasteiger partial charge >= 0.3 is 0 Å². The molecule has 0 heterocycles. The SMILES string of the molecule is NC(=S)c1cccc(COc2cccc(Cl)c2Cl)c1. The Bertz CT molecular complexity index is 616. The van der Waals surface area contributed by atoms with Gasteiger partial charge in [-0.2, -0.15) is 0 Å². The van der Waals surface area contributed by atoms with Gasteiger partial charge in [-0.25, -0.2) is 0 Å². The number of ether oxygens (including phenoxy) is 1. The van der Waals surface area contributed by atoms with Crippen molar-refractivity contribution in [3.05, 3.63) is 63.6 Å². The summed E-state index contributed by atoms with van der Waals surface area (Å²) in [5.74, 6) is 0.551. The number of nitrogens with two attached hydrogens (primary N) is 1. The van der Waals surface area contributed by atoms with E-state index in [9.17, 15) is 0 Å². The van der Waals surface area contributed by atoms with E-state index in [4.69, 9.17) is 45.9 Å². The Kier molecular flexibility index (Phi) is 4.64. The highest BCUT2D eigenvalue weighted by Gasteiger charge is 2.06. The molecule has 2 aromatic rings. The Morgan fingerprint density at radius 1 is 1.16 bits per heavy atom. The Hall–Kier alpha value is -1.29. The standard InChI is InChI=1S/C14H11Cl2NOS/c15-11-5-2-6-12(13(11)16)18-8-9-3-1-4-10(7-9)14(17)19/h1-7H,8H2,(H2,17,19). The molecule has 0 radical (unpaired) electrons. The summed E-state index contributed by atoms with van der Waals surface area (Å²) in [6, 6.07) is 12.8. The predicted molar refractivity (Wildman–Crippen MR) is 83.1 cm³/mol. The van der Waals surface area contributed by atoms with Gasteiger partial charge in [0.1, 0.15) is 22.4 Å². The largest absolute Gasteiger partial charge is 0.487 e. The van der Waals surface area contributed by atoms with Gasteiger partial charge in [0.15, 0.2) is 0 Å². The lowest BCUT2D eigenvalue weighted by atomic mass is 10.1. The van der Waals surface area contributed by atoms with Gasteiger partial charge in [-0.05, 0) is 23.8 Å². The molecule has 0 bridgehead atoms. The lowest BCUT2D eigenvalue weighted by Gasteiger charge is -2.09. The molecule has 0 aliphatic heterocycles. The van der Waals surface area contributed by atoms with Crippen LogP contribution < -0.4 is 10.5 Å². The van der Waals surface area contributed by atoms with Crippen molar-refractivity contribution in [1.29, 1.82) is 0 Å². The fourth-order valence-electron chi connectivity index (χ4n) is 1.57. The first-order valence-corrected chi connectivity index (χ1v) is 6.70. The Morgan fingerprint density at radius 3 is 2.63 bits per heavy atom. The summed E-state index contributed by atoms with van der Waals surface area (Å²) < 4.78 is 5.64. The molecule has 19 heavy (non-hydrogen) atoms. The smallest absolute Gasteiger partial charge is 0.139 e. The van der Waals surface area contributed by atoms with Crippen LogP contribution in [0.2, 0.25) is 10.0 Å². The third-order valence-corrected chi connectivity index (χ3v) is 3.56. The van der Waals surface area contributed by atoms with E-state index in [0.29, 0.717) is 27.4 Å². The molecule has 2 rings (SSSR count). The van der Waals surface area contributed by atoms with Crippen LogP contribution in [0.5, 0.6) is 5.75 Å². The van der Waals surface area contributed by atoms with Crippen LogP contribution >= 0.6 is 35.4 Å². The first-order valence-electron chi connectivity index (χ1n) is 5.53. The van der Waals surface area contributed by atoms with E-state index < -0.39 is 0 Å². The minimum Gasteiger partial charge on any atom is -0.487 e. The minimum atomic E-state index is 0.364. The molecule has 2 nitrogen and oxygen atoms in total. The second-order valence-corrected chi connectivity index (χ2v) is 5.13. The molecule has 0 saturated heterocycles. The maximum Gasteiger partial charge on any atom is 0.139 e. The molecule has 0 atom stereocenters. The number of thiocarbonyl (C=S) groups is 1. The molecule has 0 unspecified atom stereocenters. The summed E-state index contributed by atoms with van der Waals surface area (Å²) in [5.41, 5.74) is 7.36. The van der Waals surface area contributed by atoms with E-state index in [1.54, 1.807) is 18.2 Å². The topological polar surface area (TPSA) is 35.2 Å². The molecule has 0 amide bonds. The number of benzene rings is 2. The van der Waals surface area contributed by atoms with Crippen LogP contribution in [0.1, 0.15) is 11.1 Å². The Labute approximate surface area is 127 Å². The number of rotatable bonds is 4. The van der Waals surface area contributed by atoms with E-state index in [-0.39, 0.29) is 0 Å². The zero-order valence-electron chi connectivity index (χ0n) is 9.90. The third-order valence-electron chi connectivity index (χ3n) is 2.52. The molecule has 0 aliphatic rings. The molecule has 0 fully saturated rings. The predicted octanol–water partition coefficient (Wildman–Crippen LogP) is 4.21. The summed E-state index contributed by atoms with van der Waals surface area (Å²) in [4.78, 5) is 0.364. The first-order chi connectivity index (χ1) is 9.08. The lowest BCUT2D eigenvalue weighted by molar-refractivity contribution is 0.306. The molecular formula is C14H11Cl2NOS. The van der Waals surface area contributed by atoms with Crippen LogP contribution in [0.25, 0.3) is 0 Å². The molecule has 0 aliphatic carbocycles. The third kappa shape index (κ3) is 3.60. The number of halogens is 2. The second-order valence-electron chi connectivity index (χ2n) is 3.91. The van der Waals surface area contributed by atoms with Crippen molar-refractivity contribution in [3.63, 3.8) is 0 Å². The molecule has 0 aromatic heterocycles. The van der Waals surface area contributed by atoms with Gasteiger partial charge in [0, 0.05) is 5.56 Å². The van der Waals surface area contributed by atoms with E-state index in [1.165, 1.54) is 0 Å². The molecule has 0 saturated carbocycles. The molecule has 2 N–H and O–H groups in total. The number of hydrogen-bond donors (Lipinski definition) is 1. The van der Waals surface area contributed by atoms with Gasteiger partial charge in [0.25, 0.3) is 0 Å². The van der Waals surface area contributed by atoms with Gasteiger partial charge in [0.2, 0.25) is 0 Å². The van der Waals surface area contributed by atoms with Crippen molar-refractivity contribution in [2.24, 2.45) is 5.73 Å². The van der Waals surface area contributed by atoms with Crippen molar-refractivity contribution in [3.8, 4) is 5.75 Å². The van der Waals surface area contributed by atoms with Crippen LogP contribution in [-0.4, -0.2) is 4.99 Å².